The monoisotopic (exact) mass is 463 g/mol. The number of benzene rings is 4. The van der Waals surface area contributed by atoms with Gasteiger partial charge in [0.2, 0.25) is 5.91 Å². The van der Waals surface area contributed by atoms with Crippen molar-refractivity contribution in [2.45, 2.75) is 37.4 Å². The first-order valence-electron chi connectivity index (χ1n) is 12.5. The summed E-state index contributed by atoms with van der Waals surface area (Å²) in [5.41, 5.74) is 10.2. The lowest BCUT2D eigenvalue weighted by atomic mass is 9.95. The Balaban J connectivity index is 1.33. The number of piperazine rings is 1. The first-order valence-corrected chi connectivity index (χ1v) is 12.5. The number of rotatable bonds is 7. The largest absolute Gasteiger partial charge is 0.335 e. The Morgan fingerprint density at radius 1 is 0.800 bits per heavy atom. The van der Waals surface area contributed by atoms with Gasteiger partial charge in [-0.25, -0.2) is 0 Å². The number of carbonyl (C=O) groups excluding carboxylic acids is 1. The molecule has 4 aromatic rings. The molecule has 5 rings (SSSR count). The van der Waals surface area contributed by atoms with E-state index in [-0.39, 0.29) is 18.0 Å². The third kappa shape index (κ3) is 5.79. The minimum absolute atomic E-state index is 0.0404. The minimum atomic E-state index is -0.565. The first kappa shape index (κ1) is 23.3. The van der Waals surface area contributed by atoms with Gasteiger partial charge >= 0.3 is 0 Å². The van der Waals surface area contributed by atoms with Crippen molar-refractivity contribution in [3.05, 3.63) is 120 Å². The Hall–Kier alpha value is -3.47. The molecule has 4 heteroatoms. The predicted molar refractivity (Wildman–Crippen MR) is 143 cm³/mol. The Bertz CT molecular complexity index is 1260. The van der Waals surface area contributed by atoms with Crippen LogP contribution < -0.4 is 11.1 Å². The number of fused-ring (bicyclic) bond motifs is 1. The molecule has 1 aliphatic rings. The summed E-state index contributed by atoms with van der Waals surface area (Å²) in [6.45, 7) is 1.43. The summed E-state index contributed by atoms with van der Waals surface area (Å²) in [6.07, 6.45) is 2.25. The second-order valence-corrected chi connectivity index (χ2v) is 9.62. The Morgan fingerprint density at radius 3 is 2.14 bits per heavy atom. The molecule has 3 N–H and O–H groups in total. The zero-order chi connectivity index (χ0) is 24.0. The van der Waals surface area contributed by atoms with E-state index in [1.165, 1.54) is 21.9 Å². The van der Waals surface area contributed by atoms with Crippen molar-refractivity contribution < 1.29 is 4.79 Å². The number of amides is 1. The molecule has 1 saturated heterocycles. The van der Waals surface area contributed by atoms with Gasteiger partial charge in [0.25, 0.3) is 0 Å². The lowest BCUT2D eigenvalue weighted by molar-refractivity contribution is -0.136. The van der Waals surface area contributed by atoms with E-state index in [4.69, 9.17) is 5.73 Å². The van der Waals surface area contributed by atoms with Crippen LogP contribution in [0.5, 0.6) is 0 Å². The smallest absolute Gasteiger partial charge is 0.240 e. The Kier molecular flexibility index (Phi) is 7.22. The number of hydrogen-bond donors (Lipinski definition) is 2. The number of nitrogens with zero attached hydrogens (tertiary/aromatic N) is 1. The first-order chi connectivity index (χ1) is 17.2. The fourth-order valence-corrected chi connectivity index (χ4v) is 5.16. The Labute approximate surface area is 207 Å². The summed E-state index contributed by atoms with van der Waals surface area (Å²) in [5, 5.41) is 6.07. The topological polar surface area (TPSA) is 58.4 Å². The molecule has 35 heavy (non-hydrogen) atoms. The fourth-order valence-electron chi connectivity index (χ4n) is 5.16. The quantitative estimate of drug-likeness (QED) is 0.428. The molecule has 1 amide bonds. The van der Waals surface area contributed by atoms with E-state index < -0.39 is 6.04 Å². The number of carbonyl (C=O) groups is 1. The van der Waals surface area contributed by atoms with Crippen molar-refractivity contribution in [3.8, 4) is 0 Å². The van der Waals surface area contributed by atoms with Crippen LogP contribution in [-0.4, -0.2) is 42.0 Å². The lowest BCUT2D eigenvalue weighted by Gasteiger charge is -2.42. The number of hydrogen-bond acceptors (Lipinski definition) is 3. The van der Waals surface area contributed by atoms with Crippen LogP contribution in [0, 0.1) is 0 Å². The van der Waals surface area contributed by atoms with Crippen LogP contribution in [0.15, 0.2) is 103 Å². The van der Waals surface area contributed by atoms with Crippen molar-refractivity contribution in [2.75, 3.05) is 13.1 Å². The van der Waals surface area contributed by atoms with Crippen molar-refractivity contribution in [1.82, 2.24) is 10.2 Å². The van der Waals surface area contributed by atoms with Crippen LogP contribution in [0.2, 0.25) is 0 Å². The molecule has 1 heterocycles. The van der Waals surface area contributed by atoms with E-state index in [0.717, 1.165) is 24.9 Å². The van der Waals surface area contributed by atoms with Gasteiger partial charge in [0.15, 0.2) is 0 Å². The molecule has 3 atom stereocenters. The van der Waals surface area contributed by atoms with Crippen LogP contribution in [0.4, 0.5) is 0 Å². The molecular weight excluding hydrogens is 430 g/mol. The Morgan fingerprint density at radius 2 is 1.43 bits per heavy atom. The van der Waals surface area contributed by atoms with Gasteiger partial charge in [-0.05, 0) is 46.7 Å². The third-order valence-corrected chi connectivity index (χ3v) is 7.01. The lowest BCUT2D eigenvalue weighted by Crippen LogP contribution is -2.62. The highest BCUT2D eigenvalue weighted by molar-refractivity contribution is 5.84. The van der Waals surface area contributed by atoms with E-state index in [2.05, 4.69) is 84.2 Å². The predicted octanol–water partition coefficient (Wildman–Crippen LogP) is 4.36. The highest BCUT2D eigenvalue weighted by Crippen LogP contribution is 2.20. The molecular formula is C31H33N3O. The highest BCUT2D eigenvalue weighted by atomic mass is 16.2. The van der Waals surface area contributed by atoms with Gasteiger partial charge in [0, 0.05) is 25.2 Å². The van der Waals surface area contributed by atoms with Crippen LogP contribution in [0.25, 0.3) is 10.8 Å². The van der Waals surface area contributed by atoms with Gasteiger partial charge in [-0.2, -0.15) is 0 Å². The highest BCUT2D eigenvalue weighted by Gasteiger charge is 2.33. The molecule has 0 radical (unpaired) electrons. The van der Waals surface area contributed by atoms with E-state index in [0.29, 0.717) is 13.0 Å². The zero-order valence-corrected chi connectivity index (χ0v) is 20.0. The second-order valence-electron chi connectivity index (χ2n) is 9.62. The molecule has 1 aliphatic heterocycles. The molecule has 178 valence electrons. The van der Waals surface area contributed by atoms with Gasteiger partial charge in [-0.1, -0.05) is 103 Å². The molecule has 4 nitrogen and oxygen atoms in total. The summed E-state index contributed by atoms with van der Waals surface area (Å²) in [4.78, 5) is 15.8. The molecule has 1 unspecified atom stereocenters. The molecule has 4 aromatic carbocycles. The molecule has 0 bridgehead atoms. The van der Waals surface area contributed by atoms with Crippen molar-refractivity contribution in [1.29, 1.82) is 0 Å². The maximum Gasteiger partial charge on any atom is 0.240 e. The maximum atomic E-state index is 13.7. The van der Waals surface area contributed by atoms with E-state index in [1.54, 1.807) is 0 Å². The SMILES string of the molecule is NC(Cc1ccc2ccccc2c1)C(=O)N1C[C@@H](Cc2ccccc2)NC[C@@H]1Cc1ccccc1. The van der Waals surface area contributed by atoms with Crippen LogP contribution in [-0.2, 0) is 24.1 Å². The zero-order valence-electron chi connectivity index (χ0n) is 20.0. The fraction of sp³-hybridized carbons (Fsp3) is 0.258. The molecule has 0 spiro atoms. The van der Waals surface area contributed by atoms with E-state index in [1.807, 2.05) is 29.2 Å². The summed E-state index contributed by atoms with van der Waals surface area (Å²) < 4.78 is 0. The molecule has 0 saturated carbocycles. The molecule has 0 aliphatic carbocycles. The van der Waals surface area contributed by atoms with Crippen LogP contribution in [0.3, 0.4) is 0 Å². The number of nitrogens with one attached hydrogen (secondary N) is 1. The van der Waals surface area contributed by atoms with E-state index >= 15 is 0 Å². The standard InChI is InChI=1S/C31H33N3O/c32-30(20-25-15-16-26-13-7-8-14-27(26)17-25)31(35)34-22-28(18-23-9-3-1-4-10-23)33-21-29(34)19-24-11-5-2-6-12-24/h1-17,28-30,33H,18-22,32H2/t28-,29+,30?/m1/s1. The summed E-state index contributed by atoms with van der Waals surface area (Å²) in [5.74, 6) is 0.0404. The van der Waals surface area contributed by atoms with Gasteiger partial charge in [-0.15, -0.1) is 0 Å². The molecule has 0 aromatic heterocycles. The summed E-state index contributed by atoms with van der Waals surface area (Å²) in [6, 6.07) is 35.2. The van der Waals surface area contributed by atoms with Crippen LogP contribution in [0.1, 0.15) is 16.7 Å². The summed E-state index contributed by atoms with van der Waals surface area (Å²) in [7, 11) is 0. The van der Waals surface area contributed by atoms with Crippen LogP contribution >= 0.6 is 0 Å². The van der Waals surface area contributed by atoms with Crippen molar-refractivity contribution in [3.63, 3.8) is 0 Å². The average molecular weight is 464 g/mol. The van der Waals surface area contributed by atoms with E-state index in [9.17, 15) is 4.79 Å². The minimum Gasteiger partial charge on any atom is -0.335 e. The van der Waals surface area contributed by atoms with Crippen molar-refractivity contribution in [2.24, 2.45) is 5.73 Å². The average Bonchev–Trinajstić information content (AvgIpc) is 2.90. The van der Waals surface area contributed by atoms with Gasteiger partial charge < -0.3 is 16.0 Å². The van der Waals surface area contributed by atoms with Crippen molar-refractivity contribution >= 4 is 16.7 Å². The van der Waals surface area contributed by atoms with Gasteiger partial charge in [-0.3, -0.25) is 4.79 Å². The maximum absolute atomic E-state index is 13.7. The normalized spacial score (nSPS) is 18.9. The number of nitrogens with two attached hydrogens (primary N) is 1. The summed E-state index contributed by atoms with van der Waals surface area (Å²) >= 11 is 0. The van der Waals surface area contributed by atoms with Gasteiger partial charge in [0.05, 0.1) is 6.04 Å². The van der Waals surface area contributed by atoms with Gasteiger partial charge in [0.1, 0.15) is 0 Å². The third-order valence-electron chi connectivity index (χ3n) is 7.01. The molecule has 1 fully saturated rings. The second kappa shape index (κ2) is 10.9.